The lowest BCUT2D eigenvalue weighted by Gasteiger charge is -2.30. The zero-order valence-corrected chi connectivity index (χ0v) is 18.6. The molecule has 0 spiro atoms. The maximum Gasteiger partial charge on any atom is 0.475 e. The number of hydrogen-bond donors (Lipinski definition) is 3. The second-order valence-corrected chi connectivity index (χ2v) is 9.78. The summed E-state index contributed by atoms with van der Waals surface area (Å²) in [6.07, 6.45) is 2.81. The molecule has 3 aromatic rings. The molecule has 2 aliphatic rings. The number of nitrogens with two attached hydrogens (primary N) is 1. The van der Waals surface area contributed by atoms with Crippen molar-refractivity contribution in [2.75, 3.05) is 18.9 Å². The lowest BCUT2D eigenvalue weighted by molar-refractivity contribution is -0.0950. The lowest BCUT2D eigenvalue weighted by atomic mass is 9.96. The first kappa shape index (κ1) is 22.4. The number of aromatic nitrogens is 4. The van der Waals surface area contributed by atoms with E-state index in [2.05, 4.69) is 15.0 Å². The molecule has 2 aliphatic heterocycles. The zero-order chi connectivity index (χ0) is 23.2. The normalized spacial score (nSPS) is 34.6. The number of aliphatic hydroxyl groups excluding tert-OH is 1. The first-order valence-corrected chi connectivity index (χ1v) is 11.8. The predicted molar refractivity (Wildman–Crippen MR) is 115 cm³/mol. The van der Waals surface area contributed by atoms with Crippen molar-refractivity contribution >= 4 is 24.7 Å². The summed E-state index contributed by atoms with van der Waals surface area (Å²) in [5, 5.41) is 22.4. The minimum absolute atomic E-state index is 0.168. The van der Waals surface area contributed by atoms with Crippen molar-refractivity contribution < 1.29 is 33.1 Å². The Balaban J connectivity index is 1.31. The van der Waals surface area contributed by atoms with Crippen LogP contribution in [0.25, 0.3) is 11.0 Å². The maximum atomic E-state index is 13.0. The highest BCUT2D eigenvalue weighted by molar-refractivity contribution is 7.48. The van der Waals surface area contributed by atoms with E-state index in [1.165, 1.54) is 13.3 Å². The van der Waals surface area contributed by atoms with E-state index in [0.29, 0.717) is 17.5 Å². The van der Waals surface area contributed by atoms with E-state index in [-0.39, 0.29) is 19.0 Å². The van der Waals surface area contributed by atoms with Crippen LogP contribution < -0.4 is 5.73 Å². The molecule has 0 radical (unpaired) electrons. The SMILES string of the molecule is C[C@@]1(O)[C@H](O)[C@@H](COP2(=O)OCC[C@H](c3cccnc3)O2)O[C@H]1n1ccc2c(N)ncnc21. The van der Waals surface area contributed by atoms with Crippen molar-refractivity contribution in [3.05, 3.63) is 48.7 Å². The molecular formula is C20H24N5O7P. The van der Waals surface area contributed by atoms with Crippen LogP contribution in [-0.2, 0) is 22.9 Å². The molecule has 2 saturated heterocycles. The van der Waals surface area contributed by atoms with Crippen LogP contribution in [0.5, 0.6) is 0 Å². The van der Waals surface area contributed by atoms with Crippen LogP contribution in [0, 0.1) is 0 Å². The van der Waals surface area contributed by atoms with Gasteiger partial charge in [0.05, 0.1) is 24.7 Å². The molecule has 3 aromatic heterocycles. The van der Waals surface area contributed by atoms with Gasteiger partial charge in [-0.2, -0.15) is 0 Å². The topological polar surface area (TPSA) is 164 Å². The van der Waals surface area contributed by atoms with E-state index in [1.807, 2.05) is 6.07 Å². The fourth-order valence-electron chi connectivity index (χ4n) is 4.09. The Morgan fingerprint density at radius 2 is 2.24 bits per heavy atom. The number of ether oxygens (including phenoxy) is 1. The molecule has 13 heteroatoms. The summed E-state index contributed by atoms with van der Waals surface area (Å²) in [6, 6.07) is 5.27. The van der Waals surface area contributed by atoms with Crippen molar-refractivity contribution in [2.24, 2.45) is 0 Å². The van der Waals surface area contributed by atoms with Crippen LogP contribution >= 0.6 is 7.82 Å². The number of rotatable bonds is 5. The Morgan fingerprint density at radius 1 is 1.39 bits per heavy atom. The van der Waals surface area contributed by atoms with Gasteiger partial charge in [0.1, 0.15) is 35.6 Å². The van der Waals surface area contributed by atoms with Crippen LogP contribution in [0.3, 0.4) is 0 Å². The van der Waals surface area contributed by atoms with Crippen molar-refractivity contribution in [3.8, 4) is 0 Å². The highest BCUT2D eigenvalue weighted by Crippen LogP contribution is 2.57. The summed E-state index contributed by atoms with van der Waals surface area (Å²) in [4.78, 5) is 12.2. The molecule has 0 aromatic carbocycles. The molecule has 4 N–H and O–H groups in total. The van der Waals surface area contributed by atoms with Gasteiger partial charge in [-0.25, -0.2) is 14.5 Å². The predicted octanol–water partition coefficient (Wildman–Crippen LogP) is 1.72. The molecule has 0 bridgehead atoms. The molecule has 6 atom stereocenters. The molecule has 33 heavy (non-hydrogen) atoms. The number of anilines is 1. The maximum absolute atomic E-state index is 13.0. The van der Waals surface area contributed by atoms with Gasteiger partial charge in [0.15, 0.2) is 6.23 Å². The molecule has 0 aliphatic carbocycles. The van der Waals surface area contributed by atoms with Gasteiger partial charge in [-0.1, -0.05) is 6.07 Å². The summed E-state index contributed by atoms with van der Waals surface area (Å²) in [6.45, 7) is 1.27. The number of phosphoric ester groups is 1. The number of nitrogens with zero attached hydrogens (tertiary/aromatic N) is 4. The van der Waals surface area contributed by atoms with E-state index in [0.717, 1.165) is 5.56 Å². The van der Waals surface area contributed by atoms with Gasteiger partial charge < -0.3 is 25.3 Å². The quantitative estimate of drug-likeness (QED) is 0.458. The third-order valence-corrected chi connectivity index (χ3v) is 7.36. The van der Waals surface area contributed by atoms with Crippen LogP contribution in [0.4, 0.5) is 5.82 Å². The van der Waals surface area contributed by atoms with Gasteiger partial charge in [0.25, 0.3) is 0 Å². The van der Waals surface area contributed by atoms with E-state index in [1.54, 1.807) is 35.3 Å². The molecule has 1 unspecified atom stereocenters. The first-order valence-electron chi connectivity index (χ1n) is 10.4. The monoisotopic (exact) mass is 477 g/mol. The largest absolute Gasteiger partial charge is 0.475 e. The van der Waals surface area contributed by atoms with Crippen molar-refractivity contribution in [2.45, 2.75) is 43.5 Å². The minimum Gasteiger partial charge on any atom is -0.387 e. The third kappa shape index (κ3) is 4.04. The number of nitrogen functional groups attached to an aromatic ring is 1. The first-order chi connectivity index (χ1) is 15.8. The molecular weight excluding hydrogens is 453 g/mol. The van der Waals surface area contributed by atoms with Crippen LogP contribution in [0.2, 0.25) is 0 Å². The third-order valence-electron chi connectivity index (χ3n) is 5.89. The summed E-state index contributed by atoms with van der Waals surface area (Å²) in [5.74, 6) is 0.282. The average Bonchev–Trinajstić information content (AvgIpc) is 3.33. The average molecular weight is 477 g/mol. The zero-order valence-electron chi connectivity index (χ0n) is 17.7. The van der Waals surface area contributed by atoms with Gasteiger partial charge >= 0.3 is 7.82 Å². The van der Waals surface area contributed by atoms with Crippen LogP contribution in [-0.4, -0.2) is 60.8 Å². The van der Waals surface area contributed by atoms with Gasteiger partial charge in [0, 0.05) is 25.0 Å². The van der Waals surface area contributed by atoms with E-state index in [4.69, 9.17) is 24.0 Å². The van der Waals surface area contributed by atoms with E-state index >= 15 is 0 Å². The smallest absolute Gasteiger partial charge is 0.387 e. The Morgan fingerprint density at radius 3 is 3.03 bits per heavy atom. The molecule has 12 nitrogen and oxygen atoms in total. The van der Waals surface area contributed by atoms with Crippen molar-refractivity contribution in [1.82, 2.24) is 19.5 Å². The molecule has 176 valence electrons. The Labute approximate surface area is 188 Å². The Bertz CT molecular complexity index is 1190. The Hall–Kier alpha value is -2.44. The number of fused-ring (bicyclic) bond motifs is 1. The number of pyridine rings is 1. The van der Waals surface area contributed by atoms with E-state index < -0.39 is 38.0 Å². The molecule has 0 amide bonds. The molecule has 2 fully saturated rings. The molecule has 0 saturated carbocycles. The molecule has 5 rings (SSSR count). The number of hydrogen-bond acceptors (Lipinski definition) is 11. The highest BCUT2D eigenvalue weighted by Gasteiger charge is 2.54. The van der Waals surface area contributed by atoms with Crippen molar-refractivity contribution in [1.29, 1.82) is 0 Å². The standard InChI is InChI=1S/C20H24N5O7P/c1-20(27)16(26)15(31-19(20)25-7-4-13-17(21)23-11-24-18(13)25)10-30-33(28)29-8-5-14(32-33)12-3-2-6-22-9-12/h2-4,6-7,9,11,14-16,19,26-27H,5,8,10H2,1H3,(H2,21,23,24)/t14-,15-,16-,19-,20-,33?/m1/s1. The fourth-order valence-corrected chi connectivity index (χ4v) is 5.49. The highest BCUT2D eigenvalue weighted by atomic mass is 31.2. The van der Waals surface area contributed by atoms with Gasteiger partial charge in [-0.3, -0.25) is 18.6 Å². The second kappa shape index (κ2) is 8.41. The second-order valence-electron chi connectivity index (χ2n) is 8.16. The van der Waals surface area contributed by atoms with Gasteiger partial charge in [-0.05, 0) is 24.6 Å². The summed E-state index contributed by atoms with van der Waals surface area (Å²) in [5.41, 5.74) is 5.37. The summed E-state index contributed by atoms with van der Waals surface area (Å²) in [7, 11) is -3.93. The van der Waals surface area contributed by atoms with Crippen LogP contribution in [0.15, 0.2) is 43.1 Å². The fraction of sp³-hybridized carbons (Fsp3) is 0.450. The van der Waals surface area contributed by atoms with Gasteiger partial charge in [0.2, 0.25) is 0 Å². The van der Waals surface area contributed by atoms with E-state index in [9.17, 15) is 14.8 Å². The number of aliphatic hydroxyl groups is 2. The van der Waals surface area contributed by atoms with Crippen molar-refractivity contribution in [3.63, 3.8) is 0 Å². The minimum atomic E-state index is -3.93. The molecule has 5 heterocycles. The Kier molecular flexibility index (Phi) is 5.69. The van der Waals surface area contributed by atoms with Crippen LogP contribution in [0.1, 0.15) is 31.2 Å². The summed E-state index contributed by atoms with van der Waals surface area (Å²) < 4.78 is 36.9. The number of phosphoric acid groups is 1. The van der Waals surface area contributed by atoms with Gasteiger partial charge in [-0.15, -0.1) is 0 Å². The lowest BCUT2D eigenvalue weighted by Crippen LogP contribution is -2.44. The summed E-state index contributed by atoms with van der Waals surface area (Å²) >= 11 is 0.